The van der Waals surface area contributed by atoms with Crippen molar-refractivity contribution in [2.75, 3.05) is 26.3 Å². The van der Waals surface area contributed by atoms with E-state index in [2.05, 4.69) is 19.2 Å². The predicted molar refractivity (Wildman–Crippen MR) is 58.8 cm³/mol. The first-order valence-corrected chi connectivity index (χ1v) is 5.31. The molecule has 0 radical (unpaired) electrons. The molecule has 0 aromatic carbocycles. The largest absolute Gasteiger partial charge is 0.480 e. The lowest BCUT2D eigenvalue weighted by atomic mass is 10.1. The van der Waals surface area contributed by atoms with E-state index in [0.29, 0.717) is 19.1 Å². The molecule has 0 saturated heterocycles. The minimum atomic E-state index is -0.983. The molecule has 0 aromatic heterocycles. The third-order valence-corrected chi connectivity index (χ3v) is 1.94. The first-order valence-electron chi connectivity index (χ1n) is 5.31. The normalized spacial score (nSPS) is 13.1. The van der Waals surface area contributed by atoms with E-state index in [4.69, 9.17) is 15.6 Å². The minimum Gasteiger partial charge on any atom is -0.480 e. The van der Waals surface area contributed by atoms with Gasteiger partial charge in [0, 0.05) is 19.7 Å². The summed E-state index contributed by atoms with van der Waals surface area (Å²) in [4.78, 5) is 10.3. The number of carboxylic acids is 1. The number of hydrogen-bond donors (Lipinski definition) is 3. The number of nitrogens with one attached hydrogen (secondary N) is 1. The van der Waals surface area contributed by atoms with Gasteiger partial charge in [-0.15, -0.1) is 0 Å². The Hall–Kier alpha value is -0.650. The van der Waals surface area contributed by atoms with Gasteiger partial charge in [-0.2, -0.15) is 0 Å². The molecule has 0 saturated carbocycles. The molecule has 0 heterocycles. The van der Waals surface area contributed by atoms with Crippen molar-refractivity contribution in [3.05, 3.63) is 0 Å². The third-order valence-electron chi connectivity index (χ3n) is 1.94. The summed E-state index contributed by atoms with van der Waals surface area (Å²) in [5.41, 5.74) is 5.29. The standard InChI is InChI=1S/C10H22N2O3/c1-8(2)3-5-15-6-4-12-7-9(11)10(13)14/h8-9,12H,3-7,11H2,1-2H3,(H,13,14). The highest BCUT2D eigenvalue weighted by Crippen LogP contribution is 1.98. The Labute approximate surface area is 91.0 Å². The number of hydrogen-bond acceptors (Lipinski definition) is 4. The number of ether oxygens (including phenoxy) is 1. The van der Waals surface area contributed by atoms with Crippen LogP contribution in [0.25, 0.3) is 0 Å². The highest BCUT2D eigenvalue weighted by atomic mass is 16.5. The summed E-state index contributed by atoms with van der Waals surface area (Å²) in [6, 6.07) is -0.833. The summed E-state index contributed by atoms with van der Waals surface area (Å²) in [7, 11) is 0. The molecular weight excluding hydrogens is 196 g/mol. The van der Waals surface area contributed by atoms with Gasteiger partial charge in [-0.25, -0.2) is 0 Å². The second-order valence-corrected chi connectivity index (χ2v) is 3.94. The molecule has 5 heteroatoms. The Bertz CT molecular complexity index is 174. The van der Waals surface area contributed by atoms with Crippen LogP contribution in [0.1, 0.15) is 20.3 Å². The van der Waals surface area contributed by atoms with Gasteiger partial charge in [0.1, 0.15) is 6.04 Å². The molecule has 0 aliphatic rings. The maximum atomic E-state index is 10.3. The molecule has 1 unspecified atom stereocenters. The highest BCUT2D eigenvalue weighted by molar-refractivity contribution is 5.73. The Morgan fingerprint density at radius 1 is 1.47 bits per heavy atom. The number of nitrogens with two attached hydrogens (primary N) is 1. The molecular formula is C10H22N2O3. The van der Waals surface area contributed by atoms with Crippen LogP contribution in [-0.2, 0) is 9.53 Å². The smallest absolute Gasteiger partial charge is 0.321 e. The van der Waals surface area contributed by atoms with Crippen molar-refractivity contribution in [1.29, 1.82) is 0 Å². The number of rotatable bonds is 9. The fourth-order valence-electron chi connectivity index (χ4n) is 0.910. The average molecular weight is 218 g/mol. The van der Waals surface area contributed by atoms with E-state index in [-0.39, 0.29) is 6.54 Å². The molecule has 0 bridgehead atoms. The summed E-state index contributed by atoms with van der Waals surface area (Å²) in [6.07, 6.45) is 1.05. The van der Waals surface area contributed by atoms with Gasteiger partial charge in [0.05, 0.1) is 6.61 Å². The number of carboxylic acid groups (broad SMARTS) is 1. The Balaban J connectivity index is 3.15. The van der Waals surface area contributed by atoms with Crippen molar-refractivity contribution in [1.82, 2.24) is 5.32 Å². The Morgan fingerprint density at radius 2 is 2.13 bits per heavy atom. The van der Waals surface area contributed by atoms with Crippen LogP contribution in [0.5, 0.6) is 0 Å². The van der Waals surface area contributed by atoms with Gasteiger partial charge in [-0.05, 0) is 12.3 Å². The Kier molecular flexibility index (Phi) is 8.27. The molecule has 1 atom stereocenters. The quantitative estimate of drug-likeness (QED) is 0.476. The summed E-state index contributed by atoms with van der Waals surface area (Å²) in [5, 5.41) is 11.4. The fourth-order valence-corrected chi connectivity index (χ4v) is 0.910. The van der Waals surface area contributed by atoms with E-state index in [9.17, 15) is 4.79 Å². The van der Waals surface area contributed by atoms with Gasteiger partial charge >= 0.3 is 5.97 Å². The third kappa shape index (κ3) is 9.65. The first-order chi connectivity index (χ1) is 7.04. The molecule has 0 aliphatic heterocycles. The lowest BCUT2D eigenvalue weighted by Gasteiger charge is -2.09. The van der Waals surface area contributed by atoms with Gasteiger partial charge in [-0.3, -0.25) is 4.79 Å². The lowest BCUT2D eigenvalue weighted by Crippen LogP contribution is -2.41. The van der Waals surface area contributed by atoms with Gasteiger partial charge in [0.25, 0.3) is 0 Å². The summed E-state index contributed by atoms with van der Waals surface area (Å²) < 4.78 is 5.34. The molecule has 0 aromatic rings. The van der Waals surface area contributed by atoms with Gasteiger partial charge in [-0.1, -0.05) is 13.8 Å². The predicted octanol–water partition coefficient (Wildman–Crippen LogP) is 0.0506. The molecule has 0 fully saturated rings. The van der Waals surface area contributed by atoms with Crippen LogP contribution in [0.2, 0.25) is 0 Å². The maximum absolute atomic E-state index is 10.3. The van der Waals surface area contributed by atoms with E-state index in [1.54, 1.807) is 0 Å². The zero-order valence-corrected chi connectivity index (χ0v) is 9.53. The molecule has 0 rings (SSSR count). The van der Waals surface area contributed by atoms with Crippen molar-refractivity contribution >= 4 is 5.97 Å². The second kappa shape index (κ2) is 8.64. The van der Waals surface area contributed by atoms with Crippen LogP contribution in [0.3, 0.4) is 0 Å². The van der Waals surface area contributed by atoms with Crippen LogP contribution in [0.4, 0.5) is 0 Å². The molecule has 0 aliphatic carbocycles. The van der Waals surface area contributed by atoms with Crippen molar-refractivity contribution in [2.24, 2.45) is 11.7 Å². The Morgan fingerprint density at radius 3 is 2.67 bits per heavy atom. The van der Waals surface area contributed by atoms with E-state index in [0.717, 1.165) is 13.0 Å². The van der Waals surface area contributed by atoms with Gasteiger partial charge in [0.2, 0.25) is 0 Å². The molecule has 90 valence electrons. The minimum absolute atomic E-state index is 0.281. The van der Waals surface area contributed by atoms with Crippen molar-refractivity contribution in [3.63, 3.8) is 0 Å². The lowest BCUT2D eigenvalue weighted by molar-refractivity contribution is -0.138. The van der Waals surface area contributed by atoms with Gasteiger partial charge in [0.15, 0.2) is 0 Å². The SMILES string of the molecule is CC(C)CCOCCNCC(N)C(=O)O. The monoisotopic (exact) mass is 218 g/mol. The van der Waals surface area contributed by atoms with Crippen LogP contribution in [0, 0.1) is 5.92 Å². The van der Waals surface area contributed by atoms with E-state index >= 15 is 0 Å². The zero-order valence-electron chi connectivity index (χ0n) is 9.53. The van der Waals surface area contributed by atoms with Crippen molar-refractivity contribution in [3.8, 4) is 0 Å². The summed E-state index contributed by atoms with van der Waals surface area (Å²) in [5.74, 6) is -0.332. The highest BCUT2D eigenvalue weighted by Gasteiger charge is 2.09. The zero-order chi connectivity index (χ0) is 11.7. The van der Waals surface area contributed by atoms with Crippen molar-refractivity contribution in [2.45, 2.75) is 26.3 Å². The maximum Gasteiger partial charge on any atom is 0.321 e. The average Bonchev–Trinajstić information content (AvgIpc) is 2.15. The number of aliphatic carboxylic acids is 1. The number of carbonyl (C=O) groups is 1. The second-order valence-electron chi connectivity index (χ2n) is 3.94. The first kappa shape index (κ1) is 14.3. The molecule has 0 spiro atoms. The molecule has 5 nitrogen and oxygen atoms in total. The van der Waals surface area contributed by atoms with Gasteiger partial charge < -0.3 is 20.9 Å². The molecule has 4 N–H and O–H groups in total. The molecule has 0 amide bonds. The van der Waals surface area contributed by atoms with Crippen LogP contribution < -0.4 is 11.1 Å². The molecule has 15 heavy (non-hydrogen) atoms. The van der Waals surface area contributed by atoms with Crippen molar-refractivity contribution < 1.29 is 14.6 Å². The van der Waals surface area contributed by atoms with Crippen LogP contribution in [0.15, 0.2) is 0 Å². The van der Waals surface area contributed by atoms with E-state index in [1.165, 1.54) is 0 Å². The summed E-state index contributed by atoms with van der Waals surface area (Å²) >= 11 is 0. The fraction of sp³-hybridized carbons (Fsp3) is 0.900. The topological polar surface area (TPSA) is 84.6 Å². The summed E-state index contributed by atoms with van der Waals surface area (Å²) in [6.45, 7) is 6.56. The van der Waals surface area contributed by atoms with Crippen LogP contribution in [-0.4, -0.2) is 43.4 Å². The van der Waals surface area contributed by atoms with E-state index < -0.39 is 12.0 Å². The van der Waals surface area contributed by atoms with E-state index in [1.807, 2.05) is 0 Å². The van der Waals surface area contributed by atoms with Crippen LogP contribution >= 0.6 is 0 Å².